The molecule has 3 nitrogen and oxygen atoms in total. The van der Waals surface area contributed by atoms with E-state index in [1.165, 1.54) is 8.66 Å². The summed E-state index contributed by atoms with van der Waals surface area (Å²) in [5.41, 5.74) is 0. The Kier molecular flexibility index (Phi) is 6.16. The summed E-state index contributed by atoms with van der Waals surface area (Å²) in [6.45, 7) is 4.56. The van der Waals surface area contributed by atoms with Gasteiger partial charge in [-0.3, -0.25) is 9.69 Å². The van der Waals surface area contributed by atoms with Crippen LogP contribution >= 0.6 is 39.0 Å². The molecule has 0 spiro atoms. The molecule has 0 atom stereocenters. The van der Waals surface area contributed by atoms with Crippen molar-refractivity contribution in [1.82, 2.24) is 9.80 Å². The lowest BCUT2D eigenvalue weighted by molar-refractivity contribution is -0.130. The molecule has 1 aromatic carbocycles. The summed E-state index contributed by atoms with van der Waals surface area (Å²) in [4.78, 5) is 19.3. The first-order chi connectivity index (χ1) is 11.2. The smallest absolute Gasteiger partial charge is 0.233 e. The summed E-state index contributed by atoms with van der Waals surface area (Å²) in [5, 5.41) is 0. The maximum atomic E-state index is 12.3. The number of carbonyl (C=O) groups is 1. The maximum Gasteiger partial charge on any atom is 0.233 e. The highest BCUT2D eigenvalue weighted by atomic mass is 79.9. The van der Waals surface area contributed by atoms with Gasteiger partial charge in [0.15, 0.2) is 0 Å². The molecule has 0 aliphatic carbocycles. The van der Waals surface area contributed by atoms with Gasteiger partial charge >= 0.3 is 0 Å². The van der Waals surface area contributed by atoms with Gasteiger partial charge in [-0.25, -0.2) is 0 Å². The Hall–Kier alpha value is -0.820. The van der Waals surface area contributed by atoms with Gasteiger partial charge in [-0.05, 0) is 40.2 Å². The molecule has 1 fully saturated rings. The molecule has 122 valence electrons. The molecule has 1 aliphatic heterocycles. The van der Waals surface area contributed by atoms with Crippen LogP contribution < -0.4 is 0 Å². The van der Waals surface area contributed by atoms with Crippen LogP contribution in [0.4, 0.5) is 0 Å². The van der Waals surface area contributed by atoms with Crippen molar-refractivity contribution < 1.29 is 4.79 Å². The number of piperazine rings is 1. The zero-order chi connectivity index (χ0) is 16.1. The van der Waals surface area contributed by atoms with Crippen LogP contribution in [0.5, 0.6) is 0 Å². The summed E-state index contributed by atoms with van der Waals surface area (Å²) in [6, 6.07) is 14.4. The van der Waals surface area contributed by atoms with Crippen LogP contribution in [0.25, 0.3) is 0 Å². The van der Waals surface area contributed by atoms with Gasteiger partial charge in [0.2, 0.25) is 5.91 Å². The molecule has 2 aromatic rings. The number of carbonyl (C=O) groups excluding carboxylic acids is 1. The third kappa shape index (κ3) is 5.08. The van der Waals surface area contributed by atoms with Crippen LogP contribution in [-0.4, -0.2) is 47.6 Å². The average molecular weight is 411 g/mol. The molecule has 0 bridgehead atoms. The van der Waals surface area contributed by atoms with Crippen molar-refractivity contribution >= 4 is 44.9 Å². The van der Waals surface area contributed by atoms with Gasteiger partial charge in [-0.2, -0.15) is 0 Å². The number of hydrogen-bond acceptors (Lipinski definition) is 4. The van der Waals surface area contributed by atoms with Crippen molar-refractivity contribution in [3.8, 4) is 0 Å². The normalized spacial score (nSPS) is 15.8. The van der Waals surface area contributed by atoms with Crippen LogP contribution in [0, 0.1) is 0 Å². The van der Waals surface area contributed by atoms with Gasteiger partial charge in [0.25, 0.3) is 0 Å². The zero-order valence-electron chi connectivity index (χ0n) is 12.8. The number of benzene rings is 1. The van der Waals surface area contributed by atoms with Gasteiger partial charge in [-0.15, -0.1) is 23.1 Å². The number of hydrogen-bond donors (Lipinski definition) is 0. The molecule has 6 heteroatoms. The highest BCUT2D eigenvalue weighted by Crippen LogP contribution is 2.24. The molecule has 0 unspecified atom stereocenters. The molecule has 1 amide bonds. The zero-order valence-corrected chi connectivity index (χ0v) is 16.0. The topological polar surface area (TPSA) is 23.6 Å². The van der Waals surface area contributed by atoms with Crippen molar-refractivity contribution in [2.24, 2.45) is 0 Å². The van der Waals surface area contributed by atoms with E-state index in [1.54, 1.807) is 23.1 Å². The van der Waals surface area contributed by atoms with E-state index in [0.717, 1.165) is 37.6 Å². The molecule has 23 heavy (non-hydrogen) atoms. The van der Waals surface area contributed by atoms with E-state index in [-0.39, 0.29) is 5.91 Å². The predicted octanol–water partition coefficient (Wildman–Crippen LogP) is 3.95. The van der Waals surface area contributed by atoms with E-state index >= 15 is 0 Å². The lowest BCUT2D eigenvalue weighted by Gasteiger charge is -2.34. The fraction of sp³-hybridized carbons (Fsp3) is 0.353. The summed E-state index contributed by atoms with van der Waals surface area (Å²) >= 11 is 6.91. The maximum absolute atomic E-state index is 12.3. The van der Waals surface area contributed by atoms with Crippen LogP contribution in [-0.2, 0) is 11.3 Å². The van der Waals surface area contributed by atoms with Gasteiger partial charge < -0.3 is 4.90 Å². The molecule has 1 saturated heterocycles. The fourth-order valence-corrected chi connectivity index (χ4v) is 4.91. The quantitative estimate of drug-likeness (QED) is 0.697. The minimum absolute atomic E-state index is 0.248. The van der Waals surface area contributed by atoms with Crippen molar-refractivity contribution in [2.75, 3.05) is 31.9 Å². The number of thioether (sulfide) groups is 1. The average Bonchev–Trinajstić information content (AvgIpc) is 2.99. The predicted molar refractivity (Wildman–Crippen MR) is 101 cm³/mol. The van der Waals surface area contributed by atoms with E-state index in [0.29, 0.717) is 5.75 Å². The number of amides is 1. The monoisotopic (exact) mass is 410 g/mol. The summed E-state index contributed by atoms with van der Waals surface area (Å²) in [5.74, 6) is 0.777. The number of rotatable bonds is 5. The minimum Gasteiger partial charge on any atom is -0.339 e. The highest BCUT2D eigenvalue weighted by molar-refractivity contribution is 9.11. The fourth-order valence-electron chi connectivity index (χ4n) is 2.57. The Morgan fingerprint density at radius 1 is 1.09 bits per heavy atom. The number of halogens is 1. The van der Waals surface area contributed by atoms with Crippen LogP contribution in [0.2, 0.25) is 0 Å². The first-order valence-corrected chi connectivity index (χ1v) is 10.2. The molecule has 0 saturated carbocycles. The van der Waals surface area contributed by atoms with E-state index < -0.39 is 0 Å². The van der Waals surface area contributed by atoms with Crippen LogP contribution in [0.1, 0.15) is 4.88 Å². The third-order valence-electron chi connectivity index (χ3n) is 3.84. The first-order valence-electron chi connectivity index (χ1n) is 7.63. The Morgan fingerprint density at radius 2 is 1.83 bits per heavy atom. The lowest BCUT2D eigenvalue weighted by Crippen LogP contribution is -2.48. The molecular formula is C17H19BrN2OS2. The second-order valence-corrected chi connectivity index (χ2v) is 9.06. The van der Waals surface area contributed by atoms with Crippen LogP contribution in [0.15, 0.2) is 51.1 Å². The highest BCUT2D eigenvalue weighted by Gasteiger charge is 2.21. The molecule has 3 rings (SSSR count). The van der Waals surface area contributed by atoms with Crippen molar-refractivity contribution in [3.63, 3.8) is 0 Å². The third-order valence-corrected chi connectivity index (χ3v) is 6.44. The van der Waals surface area contributed by atoms with E-state index in [4.69, 9.17) is 0 Å². The van der Waals surface area contributed by atoms with E-state index in [9.17, 15) is 4.79 Å². The Morgan fingerprint density at radius 3 is 2.48 bits per heavy atom. The van der Waals surface area contributed by atoms with Gasteiger partial charge in [0.1, 0.15) is 0 Å². The standard InChI is InChI=1S/C17H19BrN2OS2/c18-16-7-6-15(23-16)12-19-8-10-20(11-9-19)17(21)13-22-14-4-2-1-3-5-14/h1-7H,8-13H2. The number of nitrogens with zero attached hydrogens (tertiary/aromatic N) is 2. The molecule has 0 radical (unpaired) electrons. The molecule has 1 aromatic heterocycles. The van der Waals surface area contributed by atoms with Crippen molar-refractivity contribution in [1.29, 1.82) is 0 Å². The Labute approximate surface area is 153 Å². The SMILES string of the molecule is O=C(CSc1ccccc1)N1CCN(Cc2ccc(Br)s2)CC1. The summed E-state index contributed by atoms with van der Waals surface area (Å²) in [6.07, 6.45) is 0. The lowest BCUT2D eigenvalue weighted by atomic mass is 10.3. The molecular weight excluding hydrogens is 392 g/mol. The molecule has 1 aliphatic rings. The van der Waals surface area contributed by atoms with Crippen molar-refractivity contribution in [3.05, 3.63) is 51.1 Å². The molecule has 2 heterocycles. The van der Waals surface area contributed by atoms with Crippen LogP contribution in [0.3, 0.4) is 0 Å². The largest absolute Gasteiger partial charge is 0.339 e. The van der Waals surface area contributed by atoms with Gasteiger partial charge in [-0.1, -0.05) is 18.2 Å². The summed E-state index contributed by atoms with van der Waals surface area (Å²) in [7, 11) is 0. The van der Waals surface area contributed by atoms with E-state index in [1.807, 2.05) is 23.1 Å². The first kappa shape index (κ1) is 17.0. The Bertz CT molecular complexity index is 639. The summed E-state index contributed by atoms with van der Waals surface area (Å²) < 4.78 is 1.18. The number of thiophene rings is 1. The Balaban J connectivity index is 1.42. The molecule has 0 N–H and O–H groups in total. The second-order valence-electron chi connectivity index (χ2n) is 5.46. The van der Waals surface area contributed by atoms with Gasteiger partial charge in [0, 0.05) is 42.5 Å². The second kappa shape index (κ2) is 8.33. The van der Waals surface area contributed by atoms with Crippen molar-refractivity contribution in [2.45, 2.75) is 11.4 Å². The van der Waals surface area contributed by atoms with E-state index in [2.05, 4.69) is 45.1 Å². The van der Waals surface area contributed by atoms with Gasteiger partial charge in [0.05, 0.1) is 9.54 Å². The minimum atomic E-state index is 0.248.